The Morgan fingerprint density at radius 2 is 1.31 bits per heavy atom. The van der Waals surface area contributed by atoms with E-state index in [1.807, 2.05) is 78.9 Å². The molecule has 3 aromatic carbocycles. The summed E-state index contributed by atoms with van der Waals surface area (Å²) in [6, 6.07) is 29.0. The van der Waals surface area contributed by atoms with Crippen molar-refractivity contribution in [2.45, 2.75) is 12.6 Å². The van der Waals surface area contributed by atoms with Crippen molar-refractivity contribution in [3.05, 3.63) is 114 Å². The second kappa shape index (κ2) is 11.3. The molecule has 1 atom stereocenters. The minimum absolute atomic E-state index is 0.143. The molecule has 0 aliphatic carbocycles. The van der Waals surface area contributed by atoms with E-state index in [0.717, 1.165) is 43.9 Å². The maximum absolute atomic E-state index is 13.5. The average Bonchev–Trinajstić information content (AvgIpc) is 3.15. The van der Waals surface area contributed by atoms with Crippen molar-refractivity contribution in [2.24, 2.45) is 0 Å². The summed E-state index contributed by atoms with van der Waals surface area (Å²) in [5.41, 5.74) is 3.07. The number of hydrogen-bond donors (Lipinski definition) is 0. The van der Waals surface area contributed by atoms with E-state index >= 15 is 0 Å². The molecule has 6 heteroatoms. The number of amides is 3. The number of hydrogen-bond acceptors (Lipinski definition) is 4. The summed E-state index contributed by atoms with van der Waals surface area (Å²) in [6.45, 7) is 5.10. The molecule has 1 unspecified atom stereocenters. The molecule has 3 aromatic rings. The molecule has 0 bridgehead atoms. The lowest BCUT2D eigenvalue weighted by Crippen LogP contribution is -2.51. The molecule has 2 saturated heterocycles. The third kappa shape index (κ3) is 5.56. The van der Waals surface area contributed by atoms with E-state index < -0.39 is 6.04 Å². The smallest absolute Gasteiger partial charge is 0.304 e. The van der Waals surface area contributed by atoms with Crippen molar-refractivity contribution >= 4 is 18.0 Å². The van der Waals surface area contributed by atoms with Gasteiger partial charge in [-0.3, -0.25) is 14.6 Å². The number of imide groups is 1. The molecule has 6 nitrogen and oxygen atoms in total. The van der Waals surface area contributed by atoms with E-state index in [9.17, 15) is 9.59 Å². The molecule has 0 spiro atoms. The number of carbonyl (C=O) groups is 2. The van der Waals surface area contributed by atoms with Gasteiger partial charge in [0.15, 0.2) is 0 Å². The molecule has 2 heterocycles. The fourth-order valence-electron chi connectivity index (χ4n) is 4.88. The molecule has 36 heavy (non-hydrogen) atoms. The lowest BCUT2D eigenvalue weighted by atomic mass is 10.1. The van der Waals surface area contributed by atoms with Crippen molar-refractivity contribution in [3.8, 4) is 0 Å². The fourth-order valence-corrected chi connectivity index (χ4v) is 4.88. The molecule has 5 rings (SSSR count). The Morgan fingerprint density at radius 1 is 0.722 bits per heavy atom. The Balaban J connectivity index is 1.22. The maximum Gasteiger partial charge on any atom is 0.329 e. The first-order chi connectivity index (χ1) is 17.7. The molecule has 184 valence electrons. The highest BCUT2D eigenvalue weighted by atomic mass is 16.2. The van der Waals surface area contributed by atoms with Crippen LogP contribution in [0.4, 0.5) is 4.79 Å². The first kappa shape index (κ1) is 24.0. The zero-order valence-electron chi connectivity index (χ0n) is 20.4. The van der Waals surface area contributed by atoms with Crippen molar-refractivity contribution in [1.82, 2.24) is 19.6 Å². The van der Waals surface area contributed by atoms with E-state index in [2.05, 4.69) is 34.1 Å². The van der Waals surface area contributed by atoms with E-state index in [-0.39, 0.29) is 11.9 Å². The second-order valence-electron chi connectivity index (χ2n) is 9.35. The summed E-state index contributed by atoms with van der Waals surface area (Å²) < 4.78 is 0. The molecular formula is C30H32N4O2. The van der Waals surface area contributed by atoms with Crippen LogP contribution in [0.25, 0.3) is 6.08 Å². The second-order valence-corrected chi connectivity index (χ2v) is 9.35. The highest BCUT2D eigenvalue weighted by Crippen LogP contribution is 2.32. The molecule has 0 aromatic heterocycles. The van der Waals surface area contributed by atoms with Crippen LogP contribution in [0.2, 0.25) is 0 Å². The van der Waals surface area contributed by atoms with E-state index in [1.54, 1.807) is 4.90 Å². The Bertz CT molecular complexity index is 1180. The molecule has 0 saturated carbocycles. The Hall–Kier alpha value is -3.74. The summed E-state index contributed by atoms with van der Waals surface area (Å²) in [5.74, 6) is -0.143. The summed E-state index contributed by atoms with van der Waals surface area (Å²) in [7, 11) is 0. The summed E-state index contributed by atoms with van der Waals surface area (Å²) in [5, 5.41) is 0. The van der Waals surface area contributed by atoms with Gasteiger partial charge in [0.25, 0.3) is 5.91 Å². The zero-order chi connectivity index (χ0) is 24.7. The van der Waals surface area contributed by atoms with Gasteiger partial charge in [0.2, 0.25) is 0 Å². The van der Waals surface area contributed by atoms with Crippen LogP contribution < -0.4 is 0 Å². The molecular weight excluding hydrogens is 448 g/mol. The minimum Gasteiger partial charge on any atom is -0.304 e. The Labute approximate surface area is 213 Å². The van der Waals surface area contributed by atoms with Gasteiger partial charge >= 0.3 is 6.03 Å². The molecule has 3 amide bonds. The molecule has 2 fully saturated rings. The predicted octanol–water partition coefficient (Wildman–Crippen LogP) is 4.48. The van der Waals surface area contributed by atoms with Crippen LogP contribution >= 0.6 is 0 Å². The highest BCUT2D eigenvalue weighted by molar-refractivity contribution is 6.04. The van der Waals surface area contributed by atoms with Gasteiger partial charge < -0.3 is 4.90 Å². The normalized spacial score (nSPS) is 19.5. The summed E-state index contributed by atoms with van der Waals surface area (Å²) >= 11 is 0. The lowest BCUT2D eigenvalue weighted by molar-refractivity contribution is -0.130. The minimum atomic E-state index is -0.594. The quantitative estimate of drug-likeness (QED) is 0.446. The van der Waals surface area contributed by atoms with Crippen LogP contribution in [0, 0.1) is 0 Å². The van der Waals surface area contributed by atoms with Gasteiger partial charge in [-0.1, -0.05) is 103 Å². The number of urea groups is 1. The van der Waals surface area contributed by atoms with Crippen LogP contribution in [0.3, 0.4) is 0 Å². The number of benzene rings is 3. The van der Waals surface area contributed by atoms with Crippen LogP contribution in [0.5, 0.6) is 0 Å². The Kier molecular flexibility index (Phi) is 7.55. The monoisotopic (exact) mass is 480 g/mol. The van der Waals surface area contributed by atoms with Crippen LogP contribution in [0.15, 0.2) is 97.1 Å². The van der Waals surface area contributed by atoms with Gasteiger partial charge in [-0.2, -0.15) is 0 Å². The first-order valence-corrected chi connectivity index (χ1v) is 12.6. The lowest BCUT2D eigenvalue weighted by Gasteiger charge is -2.35. The van der Waals surface area contributed by atoms with Gasteiger partial charge in [-0.25, -0.2) is 9.69 Å². The van der Waals surface area contributed by atoms with Crippen molar-refractivity contribution in [1.29, 1.82) is 0 Å². The maximum atomic E-state index is 13.5. The predicted molar refractivity (Wildman–Crippen MR) is 142 cm³/mol. The van der Waals surface area contributed by atoms with Gasteiger partial charge in [0.1, 0.15) is 6.04 Å². The molecule has 2 aliphatic rings. The molecule has 2 aliphatic heterocycles. The third-order valence-corrected chi connectivity index (χ3v) is 6.88. The topological polar surface area (TPSA) is 47.1 Å². The van der Waals surface area contributed by atoms with E-state index in [0.29, 0.717) is 13.2 Å². The molecule has 0 N–H and O–H groups in total. The highest BCUT2D eigenvalue weighted by Gasteiger charge is 2.46. The summed E-state index contributed by atoms with van der Waals surface area (Å²) in [4.78, 5) is 34.8. The average molecular weight is 481 g/mol. The SMILES string of the molecule is O=C1C(c2ccccc2)N(Cc2ccccc2)C(=O)N1CN1CCN(CC=Cc2ccccc2)CC1. The first-order valence-electron chi connectivity index (χ1n) is 12.6. The number of rotatable bonds is 8. The number of piperazine rings is 1. The van der Waals surface area contributed by atoms with Gasteiger partial charge in [-0.05, 0) is 16.7 Å². The molecule has 0 radical (unpaired) electrons. The van der Waals surface area contributed by atoms with E-state index in [1.165, 1.54) is 10.5 Å². The fraction of sp³-hybridized carbons (Fsp3) is 0.267. The zero-order valence-corrected chi connectivity index (χ0v) is 20.4. The number of nitrogens with zero attached hydrogens (tertiary/aromatic N) is 4. The van der Waals surface area contributed by atoms with Crippen LogP contribution in [0.1, 0.15) is 22.7 Å². The van der Waals surface area contributed by atoms with Gasteiger partial charge in [-0.15, -0.1) is 0 Å². The van der Waals surface area contributed by atoms with Gasteiger partial charge in [0.05, 0.1) is 6.67 Å². The van der Waals surface area contributed by atoms with Crippen molar-refractivity contribution in [3.63, 3.8) is 0 Å². The third-order valence-electron chi connectivity index (χ3n) is 6.88. The standard InChI is InChI=1S/C30H32N4O2/c35-29-28(27-16-8-3-9-17-27)33(23-26-13-6-2-7-14-26)30(36)34(29)24-32-21-19-31(20-22-32)18-10-15-25-11-4-1-5-12-25/h1-17,28H,18-24H2. The van der Waals surface area contributed by atoms with E-state index in [4.69, 9.17) is 0 Å². The van der Waals surface area contributed by atoms with Crippen LogP contribution in [-0.4, -0.2) is 70.9 Å². The Morgan fingerprint density at radius 3 is 1.97 bits per heavy atom. The van der Waals surface area contributed by atoms with Crippen molar-refractivity contribution < 1.29 is 9.59 Å². The van der Waals surface area contributed by atoms with Crippen LogP contribution in [-0.2, 0) is 11.3 Å². The van der Waals surface area contributed by atoms with Crippen molar-refractivity contribution in [2.75, 3.05) is 39.4 Å². The number of carbonyl (C=O) groups excluding carboxylic acids is 2. The van der Waals surface area contributed by atoms with Gasteiger partial charge in [0, 0.05) is 39.3 Å². The summed E-state index contributed by atoms with van der Waals surface area (Å²) in [6.07, 6.45) is 4.35. The largest absolute Gasteiger partial charge is 0.329 e.